The van der Waals surface area contributed by atoms with Gasteiger partial charge in [0, 0.05) is 6.54 Å². The molecule has 1 aliphatic carbocycles. The van der Waals surface area contributed by atoms with Crippen LogP contribution in [0.4, 0.5) is 0 Å². The Kier molecular flexibility index (Phi) is 4.39. The van der Waals surface area contributed by atoms with Crippen LogP contribution in [0.3, 0.4) is 0 Å². The van der Waals surface area contributed by atoms with Crippen molar-refractivity contribution < 1.29 is 4.74 Å². The Labute approximate surface area is 129 Å². The molecule has 2 rings (SSSR count). The van der Waals surface area contributed by atoms with E-state index in [1.807, 2.05) is 6.20 Å². The Morgan fingerprint density at radius 3 is 2.33 bits per heavy atom. The van der Waals surface area contributed by atoms with Gasteiger partial charge in [-0.25, -0.2) is 0 Å². The summed E-state index contributed by atoms with van der Waals surface area (Å²) in [6, 6.07) is 0.295. The Morgan fingerprint density at radius 2 is 1.90 bits per heavy atom. The Bertz CT molecular complexity index is 476. The number of methoxy groups -OCH3 is 1. The number of hydrogen-bond acceptors (Lipinski definition) is 3. The van der Waals surface area contributed by atoms with E-state index >= 15 is 0 Å². The van der Waals surface area contributed by atoms with Crippen LogP contribution in [0.1, 0.15) is 59.7 Å². The minimum Gasteiger partial charge on any atom is -0.493 e. The summed E-state index contributed by atoms with van der Waals surface area (Å²) in [5, 5.41) is 8.23. The summed E-state index contributed by atoms with van der Waals surface area (Å²) in [5.74, 6) is 1.50. The summed E-state index contributed by atoms with van der Waals surface area (Å²) in [5.41, 5.74) is 1.86. The van der Waals surface area contributed by atoms with Gasteiger partial charge in [-0.05, 0) is 29.7 Å². The fraction of sp³-hybridized carbons (Fsp3) is 0.824. The summed E-state index contributed by atoms with van der Waals surface area (Å²) < 4.78 is 7.71. The molecule has 120 valence electrons. The standard InChI is InChI=1S/C17H31N3O/c1-8-10-20-14(12(21-7)11-19-20)13(18-9-2)15-16(3,4)17(15,5)6/h11,13,15,18H,8-10H2,1-7H3. The van der Waals surface area contributed by atoms with Crippen molar-refractivity contribution >= 4 is 0 Å². The van der Waals surface area contributed by atoms with Crippen LogP contribution in [0.15, 0.2) is 6.20 Å². The van der Waals surface area contributed by atoms with Crippen LogP contribution >= 0.6 is 0 Å². The van der Waals surface area contributed by atoms with Crippen LogP contribution in [0.25, 0.3) is 0 Å². The predicted octanol–water partition coefficient (Wildman–Crippen LogP) is 3.63. The van der Waals surface area contributed by atoms with Gasteiger partial charge in [0.1, 0.15) is 0 Å². The first-order chi connectivity index (χ1) is 9.82. The molecular formula is C17H31N3O. The highest BCUT2D eigenvalue weighted by Gasteiger charge is 2.67. The quantitative estimate of drug-likeness (QED) is 0.834. The van der Waals surface area contributed by atoms with Crippen LogP contribution in [-0.2, 0) is 6.54 Å². The van der Waals surface area contributed by atoms with Crippen LogP contribution < -0.4 is 10.1 Å². The molecule has 0 bridgehead atoms. The van der Waals surface area contributed by atoms with E-state index in [1.54, 1.807) is 7.11 Å². The molecule has 4 nitrogen and oxygen atoms in total. The molecule has 1 N–H and O–H groups in total. The van der Waals surface area contributed by atoms with Crippen LogP contribution in [0, 0.1) is 16.7 Å². The molecule has 1 saturated carbocycles. The van der Waals surface area contributed by atoms with E-state index in [2.05, 4.69) is 56.6 Å². The number of ether oxygens (including phenoxy) is 1. The summed E-state index contributed by atoms with van der Waals surface area (Å²) >= 11 is 0. The van der Waals surface area contributed by atoms with E-state index < -0.39 is 0 Å². The molecule has 0 saturated heterocycles. The third-order valence-electron chi connectivity index (χ3n) is 5.68. The molecule has 1 aliphatic rings. The molecule has 1 atom stereocenters. The van der Waals surface area contributed by atoms with E-state index in [0.29, 0.717) is 22.8 Å². The van der Waals surface area contributed by atoms with E-state index in [-0.39, 0.29) is 0 Å². The first-order valence-electron chi connectivity index (χ1n) is 8.15. The van der Waals surface area contributed by atoms with Crippen molar-refractivity contribution in [1.82, 2.24) is 15.1 Å². The van der Waals surface area contributed by atoms with Crippen LogP contribution in [-0.4, -0.2) is 23.4 Å². The van der Waals surface area contributed by atoms with Gasteiger partial charge >= 0.3 is 0 Å². The van der Waals surface area contributed by atoms with Crippen molar-refractivity contribution in [3.63, 3.8) is 0 Å². The predicted molar refractivity (Wildman–Crippen MR) is 86.5 cm³/mol. The number of nitrogens with one attached hydrogen (secondary N) is 1. The Morgan fingerprint density at radius 1 is 1.29 bits per heavy atom. The average molecular weight is 293 g/mol. The maximum atomic E-state index is 5.59. The van der Waals surface area contributed by atoms with Gasteiger partial charge in [-0.2, -0.15) is 5.10 Å². The van der Waals surface area contributed by atoms with Gasteiger partial charge in [-0.3, -0.25) is 4.68 Å². The lowest BCUT2D eigenvalue weighted by molar-refractivity contribution is 0.355. The molecule has 1 heterocycles. The van der Waals surface area contributed by atoms with Gasteiger partial charge in [0.05, 0.1) is 25.0 Å². The fourth-order valence-electron chi connectivity index (χ4n) is 3.91. The zero-order valence-corrected chi connectivity index (χ0v) is 14.7. The van der Waals surface area contributed by atoms with Gasteiger partial charge in [0.2, 0.25) is 0 Å². The lowest BCUT2D eigenvalue weighted by atomic mass is 10.0. The molecule has 4 heteroatoms. The maximum absolute atomic E-state index is 5.59. The number of rotatable bonds is 7. The number of aryl methyl sites for hydroxylation is 1. The van der Waals surface area contributed by atoms with Crippen molar-refractivity contribution in [3.8, 4) is 5.75 Å². The molecule has 1 aromatic rings. The van der Waals surface area contributed by atoms with Crippen molar-refractivity contribution in [2.24, 2.45) is 16.7 Å². The Hall–Kier alpha value is -1.03. The third kappa shape index (κ3) is 2.48. The average Bonchev–Trinajstić information content (AvgIpc) is 2.74. The molecule has 0 spiro atoms. The van der Waals surface area contributed by atoms with Crippen molar-refractivity contribution in [2.45, 2.75) is 60.5 Å². The van der Waals surface area contributed by atoms with Gasteiger partial charge in [-0.1, -0.05) is 41.5 Å². The Balaban J connectivity index is 2.42. The van der Waals surface area contributed by atoms with Gasteiger partial charge < -0.3 is 10.1 Å². The van der Waals surface area contributed by atoms with Gasteiger partial charge in [-0.15, -0.1) is 0 Å². The smallest absolute Gasteiger partial charge is 0.161 e. The normalized spacial score (nSPS) is 21.3. The highest BCUT2D eigenvalue weighted by Crippen LogP contribution is 2.72. The molecule has 21 heavy (non-hydrogen) atoms. The minimum absolute atomic E-state index is 0.295. The molecule has 0 aliphatic heterocycles. The highest BCUT2D eigenvalue weighted by atomic mass is 16.5. The monoisotopic (exact) mass is 293 g/mol. The summed E-state index contributed by atoms with van der Waals surface area (Å²) in [6.07, 6.45) is 2.94. The fourth-order valence-corrected chi connectivity index (χ4v) is 3.91. The van der Waals surface area contributed by atoms with E-state index in [9.17, 15) is 0 Å². The van der Waals surface area contributed by atoms with E-state index in [4.69, 9.17) is 4.74 Å². The van der Waals surface area contributed by atoms with Crippen molar-refractivity contribution in [3.05, 3.63) is 11.9 Å². The zero-order chi connectivity index (χ0) is 15.8. The maximum Gasteiger partial charge on any atom is 0.161 e. The molecule has 1 unspecified atom stereocenters. The number of nitrogens with zero attached hydrogens (tertiary/aromatic N) is 2. The third-order valence-corrected chi connectivity index (χ3v) is 5.68. The first-order valence-corrected chi connectivity index (χ1v) is 8.15. The number of hydrogen-bond donors (Lipinski definition) is 1. The number of aromatic nitrogens is 2. The van der Waals surface area contributed by atoms with Gasteiger partial charge in [0.25, 0.3) is 0 Å². The molecule has 0 radical (unpaired) electrons. The second-order valence-electron chi connectivity index (χ2n) is 7.28. The molecular weight excluding hydrogens is 262 g/mol. The SMILES string of the molecule is CCCn1ncc(OC)c1C(NCC)C1C(C)(C)C1(C)C. The second-order valence-corrected chi connectivity index (χ2v) is 7.28. The molecule has 0 aromatic carbocycles. The first kappa shape index (κ1) is 16.3. The topological polar surface area (TPSA) is 39.1 Å². The van der Waals surface area contributed by atoms with Crippen molar-refractivity contribution in [1.29, 1.82) is 0 Å². The minimum atomic E-state index is 0.295. The molecule has 1 fully saturated rings. The second kappa shape index (κ2) is 5.64. The largest absolute Gasteiger partial charge is 0.493 e. The molecule has 1 aromatic heterocycles. The summed E-state index contributed by atoms with van der Waals surface area (Å²) in [4.78, 5) is 0. The van der Waals surface area contributed by atoms with E-state index in [0.717, 1.165) is 25.3 Å². The lowest BCUT2D eigenvalue weighted by Crippen LogP contribution is -2.28. The van der Waals surface area contributed by atoms with Gasteiger partial charge in [0.15, 0.2) is 5.75 Å². The highest BCUT2D eigenvalue weighted by molar-refractivity contribution is 5.33. The van der Waals surface area contributed by atoms with Crippen LogP contribution in [0.5, 0.6) is 5.75 Å². The molecule has 0 amide bonds. The summed E-state index contributed by atoms with van der Waals surface area (Å²) in [7, 11) is 1.74. The van der Waals surface area contributed by atoms with Crippen LogP contribution in [0.2, 0.25) is 0 Å². The zero-order valence-electron chi connectivity index (χ0n) is 14.7. The lowest BCUT2D eigenvalue weighted by Gasteiger charge is -2.22. The van der Waals surface area contributed by atoms with Crippen molar-refractivity contribution in [2.75, 3.05) is 13.7 Å². The van der Waals surface area contributed by atoms with E-state index in [1.165, 1.54) is 5.69 Å². The summed E-state index contributed by atoms with van der Waals surface area (Å²) in [6.45, 7) is 15.7.